The summed E-state index contributed by atoms with van der Waals surface area (Å²) in [5.74, 6) is -1.72. The summed E-state index contributed by atoms with van der Waals surface area (Å²) >= 11 is 3.38. The second-order valence-corrected chi connectivity index (χ2v) is 7.17. The van der Waals surface area contributed by atoms with E-state index in [1.165, 1.54) is 6.07 Å². The van der Waals surface area contributed by atoms with Crippen molar-refractivity contribution >= 4 is 27.9 Å². The monoisotopic (exact) mass is 370 g/mol. The van der Waals surface area contributed by atoms with Crippen LogP contribution in [0.15, 0.2) is 16.6 Å². The Kier molecular flexibility index (Phi) is 6.17. The number of aryl methyl sites for hydroxylation is 1. The normalized spacial score (nSPS) is 12.8. The molecule has 0 radical (unpaired) electrons. The maximum absolute atomic E-state index is 12.4. The Morgan fingerprint density at radius 1 is 1.23 bits per heavy atom. The van der Waals surface area contributed by atoms with Gasteiger partial charge in [-0.2, -0.15) is 0 Å². The summed E-state index contributed by atoms with van der Waals surface area (Å²) in [4.78, 5) is 23.9. The van der Waals surface area contributed by atoms with E-state index in [1.54, 1.807) is 6.07 Å². The second kappa shape index (κ2) is 7.27. The fourth-order valence-electron chi connectivity index (χ4n) is 2.30. The molecular formula is C17H23BrO4. The molecule has 0 fully saturated rings. The van der Waals surface area contributed by atoms with E-state index in [9.17, 15) is 14.7 Å². The van der Waals surface area contributed by atoms with Gasteiger partial charge in [-0.05, 0) is 36.0 Å². The van der Waals surface area contributed by atoms with Gasteiger partial charge < -0.3 is 9.84 Å². The van der Waals surface area contributed by atoms with E-state index in [2.05, 4.69) is 15.9 Å². The lowest BCUT2D eigenvalue weighted by atomic mass is 9.87. The third-order valence-electron chi connectivity index (χ3n) is 3.60. The highest BCUT2D eigenvalue weighted by Crippen LogP contribution is 2.28. The van der Waals surface area contributed by atoms with Crippen molar-refractivity contribution in [1.82, 2.24) is 0 Å². The van der Waals surface area contributed by atoms with Crippen LogP contribution in [0.4, 0.5) is 0 Å². The number of rotatable bonds is 5. The minimum atomic E-state index is -1.13. The van der Waals surface area contributed by atoms with Gasteiger partial charge >= 0.3 is 11.9 Å². The fourth-order valence-corrected chi connectivity index (χ4v) is 2.92. The van der Waals surface area contributed by atoms with Crippen LogP contribution in [0.25, 0.3) is 0 Å². The van der Waals surface area contributed by atoms with Crippen LogP contribution in [0.5, 0.6) is 0 Å². The van der Waals surface area contributed by atoms with E-state index in [4.69, 9.17) is 4.74 Å². The highest BCUT2D eigenvalue weighted by molar-refractivity contribution is 9.10. The predicted molar refractivity (Wildman–Crippen MR) is 89.4 cm³/mol. The zero-order valence-corrected chi connectivity index (χ0v) is 15.3. The van der Waals surface area contributed by atoms with Gasteiger partial charge in [0.2, 0.25) is 0 Å². The van der Waals surface area contributed by atoms with Gasteiger partial charge in [-0.3, -0.25) is 0 Å². The molecule has 0 saturated heterocycles. The van der Waals surface area contributed by atoms with Crippen molar-refractivity contribution in [2.24, 2.45) is 5.41 Å². The summed E-state index contributed by atoms with van der Waals surface area (Å²) in [6, 6.07) is 3.07. The van der Waals surface area contributed by atoms with E-state index in [1.807, 2.05) is 34.6 Å². The number of carboxylic acids is 1. The molecule has 1 N–H and O–H groups in total. The first-order valence-corrected chi connectivity index (χ1v) is 8.17. The van der Waals surface area contributed by atoms with Crippen molar-refractivity contribution in [3.63, 3.8) is 0 Å². The average Bonchev–Trinajstić information content (AvgIpc) is 2.42. The number of halogens is 1. The largest absolute Gasteiger partial charge is 0.478 e. The van der Waals surface area contributed by atoms with Gasteiger partial charge in [0.15, 0.2) is 0 Å². The number of carboxylic acid groups (broad SMARTS) is 1. The molecule has 0 spiro atoms. The molecular weight excluding hydrogens is 348 g/mol. The Morgan fingerprint density at radius 2 is 1.82 bits per heavy atom. The third kappa shape index (κ3) is 4.32. The molecule has 1 unspecified atom stereocenters. The molecule has 5 heteroatoms. The van der Waals surface area contributed by atoms with Gasteiger partial charge in [-0.1, -0.05) is 50.5 Å². The Bertz CT molecular complexity index is 573. The van der Waals surface area contributed by atoms with E-state index in [0.29, 0.717) is 12.8 Å². The van der Waals surface area contributed by atoms with Crippen LogP contribution in [0.2, 0.25) is 0 Å². The number of benzene rings is 1. The molecule has 0 bridgehead atoms. The highest BCUT2D eigenvalue weighted by atomic mass is 79.9. The molecule has 122 valence electrons. The van der Waals surface area contributed by atoms with Gasteiger partial charge in [-0.25, -0.2) is 9.59 Å². The average molecular weight is 371 g/mol. The van der Waals surface area contributed by atoms with Crippen LogP contribution >= 0.6 is 15.9 Å². The number of carbonyl (C=O) groups excluding carboxylic acids is 1. The minimum absolute atomic E-state index is 0.0196. The third-order valence-corrected chi connectivity index (χ3v) is 4.34. The van der Waals surface area contributed by atoms with Crippen LogP contribution in [0.3, 0.4) is 0 Å². The lowest BCUT2D eigenvalue weighted by Crippen LogP contribution is -2.31. The van der Waals surface area contributed by atoms with Crippen LogP contribution < -0.4 is 0 Å². The minimum Gasteiger partial charge on any atom is -0.478 e. The molecule has 4 nitrogen and oxygen atoms in total. The van der Waals surface area contributed by atoms with Crippen LogP contribution in [-0.2, 0) is 11.2 Å². The van der Waals surface area contributed by atoms with Gasteiger partial charge in [-0.15, -0.1) is 0 Å². The number of hydrogen-bond acceptors (Lipinski definition) is 3. The molecule has 1 aromatic carbocycles. The lowest BCUT2D eigenvalue weighted by Gasteiger charge is -2.29. The Balaban J connectivity index is 3.22. The standard InChI is InChI=1S/C17H23BrO4/c1-6-10-8-11(15(19)20)12(9-13(10)18)16(21)22-14(7-2)17(3,4)5/h8-9,14H,6-7H2,1-5H3,(H,19,20). The zero-order chi connectivity index (χ0) is 17.1. The molecule has 0 aliphatic carbocycles. The SMILES string of the molecule is CCc1cc(C(=O)O)c(C(=O)OC(CC)C(C)(C)C)cc1Br. The fraction of sp³-hybridized carbons (Fsp3) is 0.529. The molecule has 1 aromatic rings. The van der Waals surface area contributed by atoms with Crippen molar-refractivity contribution in [2.75, 3.05) is 0 Å². The van der Waals surface area contributed by atoms with Gasteiger partial charge in [0.1, 0.15) is 6.10 Å². The highest BCUT2D eigenvalue weighted by Gasteiger charge is 2.29. The van der Waals surface area contributed by atoms with Gasteiger partial charge in [0.25, 0.3) is 0 Å². The van der Waals surface area contributed by atoms with Crippen molar-refractivity contribution in [3.05, 3.63) is 33.3 Å². The van der Waals surface area contributed by atoms with E-state index in [-0.39, 0.29) is 22.6 Å². The summed E-state index contributed by atoms with van der Waals surface area (Å²) in [6.45, 7) is 9.84. The Morgan fingerprint density at radius 3 is 2.23 bits per heavy atom. The smallest absolute Gasteiger partial charge is 0.339 e. The topological polar surface area (TPSA) is 63.6 Å². The first-order chi connectivity index (χ1) is 10.1. The van der Waals surface area contributed by atoms with E-state index in [0.717, 1.165) is 10.0 Å². The zero-order valence-electron chi connectivity index (χ0n) is 13.7. The number of aromatic carboxylic acids is 1. The van der Waals surface area contributed by atoms with Crippen LogP contribution in [0.1, 0.15) is 67.3 Å². The summed E-state index contributed by atoms with van der Waals surface area (Å²) in [5, 5.41) is 9.35. The molecule has 0 heterocycles. The number of hydrogen-bond donors (Lipinski definition) is 1. The molecule has 1 atom stereocenters. The molecule has 1 rings (SSSR count). The van der Waals surface area contributed by atoms with Crippen molar-refractivity contribution in [3.8, 4) is 0 Å². The first kappa shape index (κ1) is 18.7. The predicted octanol–water partition coefficient (Wildman–Crippen LogP) is 4.69. The summed E-state index contributed by atoms with van der Waals surface area (Å²) in [5.41, 5.74) is 0.707. The maximum atomic E-state index is 12.4. The van der Waals surface area contributed by atoms with Crippen molar-refractivity contribution < 1.29 is 19.4 Å². The van der Waals surface area contributed by atoms with Gasteiger partial charge in [0, 0.05) is 4.47 Å². The quantitative estimate of drug-likeness (QED) is 0.763. The van der Waals surface area contributed by atoms with E-state index >= 15 is 0 Å². The summed E-state index contributed by atoms with van der Waals surface area (Å²) < 4.78 is 6.26. The maximum Gasteiger partial charge on any atom is 0.339 e. The first-order valence-electron chi connectivity index (χ1n) is 7.38. The lowest BCUT2D eigenvalue weighted by molar-refractivity contribution is -0.00428. The molecule has 0 aliphatic heterocycles. The van der Waals surface area contributed by atoms with E-state index < -0.39 is 11.9 Å². The number of ether oxygens (including phenoxy) is 1. The number of carbonyl (C=O) groups is 2. The Labute approximate surface area is 140 Å². The molecule has 0 aromatic heterocycles. The molecule has 22 heavy (non-hydrogen) atoms. The summed E-state index contributed by atoms with van der Waals surface area (Å²) in [6.07, 6.45) is 1.08. The van der Waals surface area contributed by atoms with Crippen LogP contribution in [0, 0.1) is 5.41 Å². The molecule has 0 aliphatic rings. The van der Waals surface area contributed by atoms with Crippen molar-refractivity contribution in [2.45, 2.75) is 53.6 Å². The van der Waals surface area contributed by atoms with Crippen LogP contribution in [-0.4, -0.2) is 23.1 Å². The number of esters is 1. The van der Waals surface area contributed by atoms with Gasteiger partial charge in [0.05, 0.1) is 11.1 Å². The second-order valence-electron chi connectivity index (χ2n) is 6.32. The summed E-state index contributed by atoms with van der Waals surface area (Å²) in [7, 11) is 0. The van der Waals surface area contributed by atoms with Crippen molar-refractivity contribution in [1.29, 1.82) is 0 Å². The molecule has 0 saturated carbocycles. The Hall–Kier alpha value is -1.36. The molecule has 0 amide bonds.